The molecule has 8 heteroatoms. The smallest absolute Gasteiger partial charge is 0.338 e. The van der Waals surface area contributed by atoms with Gasteiger partial charge in [0.05, 0.1) is 32.9 Å². The molecule has 0 bridgehead atoms. The Hall–Kier alpha value is -1.90. The van der Waals surface area contributed by atoms with Crippen molar-refractivity contribution in [3.8, 4) is 5.75 Å². The number of aromatic hydroxyl groups is 1. The first-order valence-electron chi connectivity index (χ1n) is 8.14. The van der Waals surface area contributed by atoms with Crippen LogP contribution in [0.15, 0.2) is 57.0 Å². The highest BCUT2D eigenvalue weighted by Gasteiger charge is 2.33. The molecule has 1 atom stereocenters. The molecule has 140 valence electrons. The molecule has 0 radical (unpaired) electrons. The molecule has 0 fully saturated rings. The fraction of sp³-hybridized carbons (Fsp3) is 0.158. The Balaban J connectivity index is 2.21. The Morgan fingerprint density at radius 3 is 2.44 bits per heavy atom. The topological polar surface area (TPSA) is 70.6 Å². The van der Waals surface area contributed by atoms with Gasteiger partial charge in [0.1, 0.15) is 5.75 Å². The number of carbonyl (C=O) groups is 1. The lowest BCUT2D eigenvalue weighted by Gasteiger charge is -2.31. The Labute approximate surface area is 179 Å². The maximum atomic E-state index is 12.8. The van der Waals surface area contributed by atoms with E-state index in [1.807, 2.05) is 30.3 Å². The molecule has 0 aromatic heterocycles. The third kappa shape index (κ3) is 4.17. The first-order chi connectivity index (χ1) is 12.9. The van der Waals surface area contributed by atoms with Crippen molar-refractivity contribution >= 4 is 60.9 Å². The molecule has 2 aromatic rings. The monoisotopic (exact) mass is 510 g/mol. The summed E-state index contributed by atoms with van der Waals surface area (Å²) in [5, 5.41) is 16.6. The van der Waals surface area contributed by atoms with Crippen molar-refractivity contribution in [2.24, 2.45) is 0 Å². The molecule has 0 unspecified atom stereocenters. The van der Waals surface area contributed by atoms with Gasteiger partial charge in [-0.1, -0.05) is 30.3 Å². The second kappa shape index (κ2) is 8.41. The predicted molar refractivity (Wildman–Crippen MR) is 115 cm³/mol. The number of ether oxygens (including phenoxy) is 1. The van der Waals surface area contributed by atoms with Crippen LogP contribution in [0, 0.1) is 0 Å². The lowest BCUT2D eigenvalue weighted by atomic mass is 9.92. The van der Waals surface area contributed by atoms with Crippen LogP contribution in [-0.4, -0.2) is 22.8 Å². The highest BCUT2D eigenvalue weighted by atomic mass is 79.9. The fourth-order valence-corrected chi connectivity index (χ4v) is 4.27. The quantitative estimate of drug-likeness (QED) is 0.417. The van der Waals surface area contributed by atoms with Crippen LogP contribution < -0.4 is 10.6 Å². The summed E-state index contributed by atoms with van der Waals surface area (Å²) in [4.78, 5) is 12.8. The molecule has 27 heavy (non-hydrogen) atoms. The van der Waals surface area contributed by atoms with Crippen LogP contribution in [0.5, 0.6) is 5.75 Å². The summed E-state index contributed by atoms with van der Waals surface area (Å²) in [6, 6.07) is 12.4. The maximum absolute atomic E-state index is 12.8. The minimum atomic E-state index is -0.541. The average Bonchev–Trinajstić information content (AvgIpc) is 2.65. The number of benzene rings is 2. The minimum Gasteiger partial charge on any atom is -0.506 e. The van der Waals surface area contributed by atoms with Crippen molar-refractivity contribution in [1.29, 1.82) is 0 Å². The van der Waals surface area contributed by atoms with Gasteiger partial charge in [-0.3, -0.25) is 0 Å². The molecule has 0 saturated carbocycles. The van der Waals surface area contributed by atoms with E-state index >= 15 is 0 Å². The van der Waals surface area contributed by atoms with Gasteiger partial charge in [-0.05, 0) is 74.3 Å². The third-order valence-corrected chi connectivity index (χ3v) is 5.43. The van der Waals surface area contributed by atoms with Crippen LogP contribution >= 0.6 is 44.1 Å². The Morgan fingerprint density at radius 2 is 1.85 bits per heavy atom. The fourth-order valence-electron chi connectivity index (χ4n) is 2.83. The van der Waals surface area contributed by atoms with E-state index in [-0.39, 0.29) is 12.4 Å². The zero-order valence-corrected chi connectivity index (χ0v) is 18.2. The number of carbonyl (C=O) groups excluding carboxylic acids is 1. The van der Waals surface area contributed by atoms with Crippen LogP contribution in [0.2, 0.25) is 0 Å². The number of thiocarbonyl (C=S) groups is 1. The first-order valence-corrected chi connectivity index (χ1v) is 10.1. The molecular formula is C19H16Br2N2O3S. The highest BCUT2D eigenvalue weighted by molar-refractivity contribution is 9.11. The van der Waals surface area contributed by atoms with Gasteiger partial charge in [0, 0.05) is 0 Å². The van der Waals surface area contributed by atoms with Crippen LogP contribution in [0.3, 0.4) is 0 Å². The molecule has 0 saturated heterocycles. The lowest BCUT2D eigenvalue weighted by Crippen LogP contribution is -2.45. The van der Waals surface area contributed by atoms with Gasteiger partial charge in [0.2, 0.25) is 0 Å². The summed E-state index contributed by atoms with van der Waals surface area (Å²) in [6.45, 7) is 2.02. The Kier molecular flexibility index (Phi) is 6.18. The standard InChI is InChI=1S/C19H16Br2N2O3S/c1-2-26-18(25)14-15(10-6-4-3-5-7-10)22-19(27)23-16(14)11-8-12(20)17(24)13(21)9-11/h3-9,16,24H,2H2,1H3,(H2,22,23,27)/t16-/m0/s1. The number of phenolic OH excluding ortho intramolecular Hbond substituents is 1. The molecule has 3 N–H and O–H groups in total. The second-order valence-electron chi connectivity index (χ2n) is 5.74. The summed E-state index contributed by atoms with van der Waals surface area (Å²) >= 11 is 12.0. The summed E-state index contributed by atoms with van der Waals surface area (Å²) in [6.07, 6.45) is 0. The number of rotatable bonds is 4. The van der Waals surface area contributed by atoms with E-state index in [1.165, 1.54) is 0 Å². The molecule has 0 amide bonds. The van der Waals surface area contributed by atoms with Gasteiger partial charge < -0.3 is 20.5 Å². The van der Waals surface area contributed by atoms with Gasteiger partial charge in [-0.15, -0.1) is 0 Å². The second-order valence-corrected chi connectivity index (χ2v) is 7.86. The first kappa shape index (κ1) is 19.9. The SMILES string of the molecule is CCOC(=O)C1=C(c2ccccc2)NC(=S)N[C@H]1c1cc(Br)c(O)c(Br)c1. The van der Waals surface area contributed by atoms with Gasteiger partial charge in [-0.2, -0.15) is 0 Å². The van der Waals surface area contributed by atoms with Crippen molar-refractivity contribution < 1.29 is 14.6 Å². The molecule has 0 aliphatic carbocycles. The van der Waals surface area contributed by atoms with Gasteiger partial charge in [0.15, 0.2) is 5.11 Å². The van der Waals surface area contributed by atoms with Crippen molar-refractivity contribution in [2.75, 3.05) is 6.61 Å². The van der Waals surface area contributed by atoms with Crippen molar-refractivity contribution in [3.63, 3.8) is 0 Å². The van der Waals surface area contributed by atoms with E-state index in [1.54, 1.807) is 19.1 Å². The van der Waals surface area contributed by atoms with Crippen molar-refractivity contribution in [2.45, 2.75) is 13.0 Å². The number of hydrogen-bond donors (Lipinski definition) is 3. The largest absolute Gasteiger partial charge is 0.506 e. The van der Waals surface area contributed by atoms with Gasteiger partial charge >= 0.3 is 5.97 Å². The maximum Gasteiger partial charge on any atom is 0.338 e. The van der Waals surface area contributed by atoms with E-state index in [9.17, 15) is 9.90 Å². The van der Waals surface area contributed by atoms with E-state index < -0.39 is 12.0 Å². The number of halogens is 2. The Bertz CT molecular complexity index is 909. The average molecular weight is 512 g/mol. The number of hydrogen-bond acceptors (Lipinski definition) is 4. The lowest BCUT2D eigenvalue weighted by molar-refractivity contribution is -0.138. The normalized spacial score (nSPS) is 16.6. The summed E-state index contributed by atoms with van der Waals surface area (Å²) < 4.78 is 6.32. The van der Waals surface area contributed by atoms with Crippen molar-refractivity contribution in [3.05, 3.63) is 68.1 Å². The predicted octanol–water partition coefficient (Wildman–Crippen LogP) is 4.41. The number of phenols is 1. The van der Waals surface area contributed by atoms with E-state index in [2.05, 4.69) is 42.5 Å². The summed E-state index contributed by atoms with van der Waals surface area (Å²) in [5.74, 6) is -0.357. The van der Waals surface area contributed by atoms with Crippen LogP contribution in [-0.2, 0) is 9.53 Å². The van der Waals surface area contributed by atoms with E-state index in [0.29, 0.717) is 25.3 Å². The van der Waals surface area contributed by atoms with Gasteiger partial charge in [0.25, 0.3) is 0 Å². The molecule has 1 aliphatic rings. The van der Waals surface area contributed by atoms with Crippen LogP contribution in [0.4, 0.5) is 0 Å². The number of nitrogens with one attached hydrogen (secondary N) is 2. The molecular weight excluding hydrogens is 496 g/mol. The zero-order valence-electron chi connectivity index (χ0n) is 14.3. The molecule has 3 rings (SSSR count). The van der Waals surface area contributed by atoms with E-state index in [4.69, 9.17) is 17.0 Å². The highest BCUT2D eigenvalue weighted by Crippen LogP contribution is 2.39. The van der Waals surface area contributed by atoms with E-state index in [0.717, 1.165) is 11.1 Å². The van der Waals surface area contributed by atoms with Crippen LogP contribution in [0.25, 0.3) is 5.70 Å². The molecule has 2 aromatic carbocycles. The molecule has 1 aliphatic heterocycles. The van der Waals surface area contributed by atoms with Gasteiger partial charge in [-0.25, -0.2) is 4.79 Å². The number of esters is 1. The zero-order chi connectivity index (χ0) is 19.6. The molecule has 1 heterocycles. The molecule has 0 spiro atoms. The Morgan fingerprint density at radius 1 is 1.22 bits per heavy atom. The summed E-state index contributed by atoms with van der Waals surface area (Å²) in [5.41, 5.74) is 2.59. The van der Waals surface area contributed by atoms with Crippen molar-refractivity contribution in [1.82, 2.24) is 10.6 Å². The third-order valence-electron chi connectivity index (χ3n) is 4.00. The summed E-state index contributed by atoms with van der Waals surface area (Å²) in [7, 11) is 0. The molecule has 5 nitrogen and oxygen atoms in total. The van der Waals surface area contributed by atoms with Crippen LogP contribution in [0.1, 0.15) is 24.1 Å². The minimum absolute atomic E-state index is 0.0835.